The van der Waals surface area contributed by atoms with Crippen molar-refractivity contribution in [2.45, 2.75) is 0 Å². The smallest absolute Gasteiger partial charge is 0.0546 e. The fourth-order valence-corrected chi connectivity index (χ4v) is 8.28. The topological polar surface area (TPSA) is 3.24 Å². The van der Waals surface area contributed by atoms with Crippen molar-refractivity contribution in [2.75, 3.05) is 4.90 Å². The van der Waals surface area contributed by atoms with E-state index in [9.17, 15) is 0 Å². The van der Waals surface area contributed by atoms with E-state index in [2.05, 4.69) is 241 Å². The second-order valence-electron chi connectivity index (χ2n) is 14.5. The summed E-state index contributed by atoms with van der Waals surface area (Å²) in [6, 6.07) is 85.9. The summed E-state index contributed by atoms with van der Waals surface area (Å²) in [5.74, 6) is 0. The molecule has 1 heteroatoms. The molecule has 10 aromatic rings. The number of nitrogens with zero attached hydrogens (tertiary/aromatic N) is 1. The van der Waals surface area contributed by atoms with Crippen molar-refractivity contribution in [3.63, 3.8) is 0 Å². The molecule has 0 aliphatic heterocycles. The van der Waals surface area contributed by atoms with Gasteiger partial charge in [-0.25, -0.2) is 0 Å². The molecule has 0 unspecified atom stereocenters. The Morgan fingerprint density at radius 2 is 0.702 bits per heavy atom. The van der Waals surface area contributed by atoms with Crippen LogP contribution in [0.1, 0.15) is 0 Å². The molecule has 0 aliphatic carbocycles. The van der Waals surface area contributed by atoms with E-state index in [0.29, 0.717) is 0 Å². The summed E-state index contributed by atoms with van der Waals surface area (Å²) >= 11 is 0. The molecule has 0 aliphatic rings. The summed E-state index contributed by atoms with van der Waals surface area (Å²) in [6.45, 7) is 0. The monoisotopic (exact) mass is 725 g/mol. The number of fused-ring (bicyclic) bond motifs is 2. The third kappa shape index (κ3) is 6.56. The Kier molecular flexibility index (Phi) is 8.95. The molecule has 0 radical (unpaired) electrons. The molecular weight excluding hydrogens is 687 g/mol. The summed E-state index contributed by atoms with van der Waals surface area (Å²) in [6.07, 6.45) is 0. The molecule has 0 amide bonds. The number of benzene rings is 10. The molecule has 1 nitrogen and oxygen atoms in total. The van der Waals surface area contributed by atoms with Gasteiger partial charge < -0.3 is 4.90 Å². The minimum atomic E-state index is 1.08. The predicted molar refractivity (Wildman–Crippen MR) is 243 cm³/mol. The van der Waals surface area contributed by atoms with Crippen LogP contribution in [0.15, 0.2) is 237 Å². The maximum Gasteiger partial charge on any atom is 0.0546 e. The van der Waals surface area contributed by atoms with Crippen LogP contribution in [-0.2, 0) is 0 Å². The lowest BCUT2D eigenvalue weighted by atomic mass is 9.91. The van der Waals surface area contributed by atoms with Crippen LogP contribution in [0.4, 0.5) is 17.1 Å². The molecule has 0 fully saturated rings. The molecule has 0 spiro atoms. The van der Waals surface area contributed by atoms with E-state index < -0.39 is 0 Å². The highest BCUT2D eigenvalue weighted by Crippen LogP contribution is 2.48. The van der Waals surface area contributed by atoms with Crippen molar-refractivity contribution in [1.82, 2.24) is 0 Å². The molecule has 0 atom stereocenters. The standard InChI is InChI=1S/C56H39N/c1-4-16-40(17-5-1)42-30-34-48(35-31-42)57(55-37-33-46(41-18-6-2-7-19-41)38-54(55)45-20-8-3-9-21-45)56-39-47(51-28-14-24-43-22-10-12-26-49(43)51)32-36-53(56)52-29-15-25-44-23-11-13-27-50(44)52/h1-39H. The van der Waals surface area contributed by atoms with Crippen LogP contribution >= 0.6 is 0 Å². The highest BCUT2D eigenvalue weighted by atomic mass is 15.1. The zero-order valence-corrected chi connectivity index (χ0v) is 31.5. The lowest BCUT2D eigenvalue weighted by Crippen LogP contribution is -2.13. The average Bonchev–Trinajstić information content (AvgIpc) is 3.30. The van der Waals surface area contributed by atoms with Crippen molar-refractivity contribution in [2.24, 2.45) is 0 Å². The normalized spacial score (nSPS) is 11.2. The van der Waals surface area contributed by atoms with Crippen LogP contribution in [0.2, 0.25) is 0 Å². The van der Waals surface area contributed by atoms with E-state index in [-0.39, 0.29) is 0 Å². The van der Waals surface area contributed by atoms with Crippen molar-refractivity contribution < 1.29 is 0 Å². The van der Waals surface area contributed by atoms with Gasteiger partial charge in [-0.3, -0.25) is 0 Å². The molecular formula is C56H39N. The van der Waals surface area contributed by atoms with Gasteiger partial charge in [-0.2, -0.15) is 0 Å². The molecule has 0 N–H and O–H groups in total. The lowest BCUT2D eigenvalue weighted by Gasteiger charge is -2.31. The Hall–Kier alpha value is -7.48. The number of hydrogen-bond acceptors (Lipinski definition) is 1. The van der Waals surface area contributed by atoms with Gasteiger partial charge in [0.1, 0.15) is 0 Å². The van der Waals surface area contributed by atoms with Crippen LogP contribution in [-0.4, -0.2) is 0 Å². The molecule has 0 saturated carbocycles. The van der Waals surface area contributed by atoms with Crippen molar-refractivity contribution in [3.05, 3.63) is 237 Å². The van der Waals surface area contributed by atoms with Gasteiger partial charge in [0.2, 0.25) is 0 Å². The van der Waals surface area contributed by atoms with Crippen LogP contribution < -0.4 is 4.90 Å². The molecule has 10 aromatic carbocycles. The van der Waals surface area contributed by atoms with Gasteiger partial charge in [0.15, 0.2) is 0 Å². The van der Waals surface area contributed by atoms with E-state index in [4.69, 9.17) is 0 Å². The third-order valence-electron chi connectivity index (χ3n) is 11.1. The first-order chi connectivity index (χ1) is 28.3. The van der Waals surface area contributed by atoms with Crippen LogP contribution in [0.25, 0.3) is 77.2 Å². The highest BCUT2D eigenvalue weighted by molar-refractivity contribution is 6.05. The van der Waals surface area contributed by atoms with Crippen molar-refractivity contribution in [1.29, 1.82) is 0 Å². The maximum absolute atomic E-state index is 2.48. The Morgan fingerprint density at radius 1 is 0.228 bits per heavy atom. The minimum absolute atomic E-state index is 1.08. The van der Waals surface area contributed by atoms with E-state index in [1.54, 1.807) is 0 Å². The quantitative estimate of drug-likeness (QED) is 0.151. The van der Waals surface area contributed by atoms with Gasteiger partial charge in [-0.05, 0) is 96.4 Å². The molecule has 0 aromatic heterocycles. The van der Waals surface area contributed by atoms with E-state index in [1.807, 2.05) is 0 Å². The summed E-state index contributed by atoms with van der Waals surface area (Å²) in [5, 5.41) is 4.90. The Labute approximate surface area is 334 Å². The Morgan fingerprint density at radius 3 is 1.35 bits per heavy atom. The predicted octanol–water partition coefficient (Wildman–Crippen LogP) is 15.8. The Balaban J connectivity index is 1.28. The SMILES string of the molecule is c1ccc(-c2ccc(N(c3ccc(-c4ccccc4)cc3-c3ccccc3)c3cc(-c4cccc5ccccc45)ccc3-c3cccc4ccccc34)cc2)cc1. The lowest BCUT2D eigenvalue weighted by molar-refractivity contribution is 1.28. The second kappa shape index (κ2) is 15.0. The summed E-state index contributed by atoms with van der Waals surface area (Å²) < 4.78 is 0. The molecule has 0 bridgehead atoms. The van der Waals surface area contributed by atoms with Crippen LogP contribution in [0.3, 0.4) is 0 Å². The number of hydrogen-bond donors (Lipinski definition) is 0. The minimum Gasteiger partial charge on any atom is -0.309 e. The van der Waals surface area contributed by atoms with Crippen molar-refractivity contribution >= 4 is 38.6 Å². The number of anilines is 3. The van der Waals surface area contributed by atoms with Gasteiger partial charge in [0, 0.05) is 16.8 Å². The first kappa shape index (κ1) is 34.0. The average molecular weight is 726 g/mol. The number of rotatable bonds is 8. The molecule has 10 rings (SSSR count). The summed E-state index contributed by atoms with van der Waals surface area (Å²) in [4.78, 5) is 2.48. The molecule has 268 valence electrons. The van der Waals surface area contributed by atoms with E-state index >= 15 is 0 Å². The van der Waals surface area contributed by atoms with Gasteiger partial charge in [-0.1, -0.05) is 206 Å². The van der Waals surface area contributed by atoms with Gasteiger partial charge in [0.25, 0.3) is 0 Å². The fourth-order valence-electron chi connectivity index (χ4n) is 8.28. The van der Waals surface area contributed by atoms with E-state index in [1.165, 1.54) is 60.5 Å². The summed E-state index contributed by atoms with van der Waals surface area (Å²) in [7, 11) is 0. The zero-order chi connectivity index (χ0) is 38.0. The molecule has 57 heavy (non-hydrogen) atoms. The van der Waals surface area contributed by atoms with Gasteiger partial charge >= 0.3 is 0 Å². The summed E-state index contributed by atoms with van der Waals surface area (Å²) in [5.41, 5.74) is 15.1. The molecule has 0 heterocycles. The largest absolute Gasteiger partial charge is 0.309 e. The van der Waals surface area contributed by atoms with Gasteiger partial charge in [-0.15, -0.1) is 0 Å². The second-order valence-corrected chi connectivity index (χ2v) is 14.5. The Bertz CT molecular complexity index is 2980. The van der Waals surface area contributed by atoms with Crippen LogP contribution in [0.5, 0.6) is 0 Å². The maximum atomic E-state index is 2.48. The third-order valence-corrected chi connectivity index (χ3v) is 11.1. The fraction of sp³-hybridized carbons (Fsp3) is 0. The van der Waals surface area contributed by atoms with E-state index in [0.717, 1.165) is 33.8 Å². The highest BCUT2D eigenvalue weighted by Gasteiger charge is 2.23. The van der Waals surface area contributed by atoms with Crippen LogP contribution in [0, 0.1) is 0 Å². The molecule has 0 saturated heterocycles. The zero-order valence-electron chi connectivity index (χ0n) is 31.5. The van der Waals surface area contributed by atoms with Gasteiger partial charge in [0.05, 0.1) is 11.4 Å². The first-order valence-corrected chi connectivity index (χ1v) is 19.6. The van der Waals surface area contributed by atoms with Crippen molar-refractivity contribution in [3.8, 4) is 55.6 Å². The first-order valence-electron chi connectivity index (χ1n) is 19.6.